The lowest BCUT2D eigenvalue weighted by Crippen LogP contribution is -2.09. The first-order valence-electron chi connectivity index (χ1n) is 7.01. The second kappa shape index (κ2) is 5.42. The SMILES string of the molecule is FC(F)(F)c1cccc(Nc2nccn2C2CCCC2)c1. The molecule has 0 unspecified atom stereocenters. The van der Waals surface area contributed by atoms with E-state index in [4.69, 9.17) is 0 Å². The number of alkyl halides is 3. The number of nitrogens with one attached hydrogen (secondary N) is 1. The summed E-state index contributed by atoms with van der Waals surface area (Å²) in [6.07, 6.45) is 3.78. The fourth-order valence-electron chi connectivity index (χ4n) is 2.79. The highest BCUT2D eigenvalue weighted by atomic mass is 19.4. The van der Waals surface area contributed by atoms with Crippen LogP contribution in [-0.4, -0.2) is 9.55 Å². The number of halogens is 3. The smallest absolute Gasteiger partial charge is 0.326 e. The molecule has 0 amide bonds. The minimum atomic E-state index is -4.33. The Labute approximate surface area is 120 Å². The van der Waals surface area contributed by atoms with Crippen LogP contribution >= 0.6 is 0 Å². The molecule has 0 radical (unpaired) electrons. The molecule has 1 aliphatic carbocycles. The Morgan fingerprint density at radius 2 is 1.95 bits per heavy atom. The molecular weight excluding hydrogens is 279 g/mol. The maximum Gasteiger partial charge on any atom is 0.416 e. The summed E-state index contributed by atoms with van der Waals surface area (Å²) in [5, 5.41) is 2.99. The van der Waals surface area contributed by atoms with Crippen LogP contribution in [0.4, 0.5) is 24.8 Å². The fourth-order valence-corrected chi connectivity index (χ4v) is 2.79. The van der Waals surface area contributed by atoms with Gasteiger partial charge >= 0.3 is 6.18 Å². The van der Waals surface area contributed by atoms with Crippen LogP contribution in [0.15, 0.2) is 36.7 Å². The van der Waals surface area contributed by atoms with Crippen LogP contribution in [0.2, 0.25) is 0 Å². The van der Waals surface area contributed by atoms with Crippen molar-refractivity contribution in [3.63, 3.8) is 0 Å². The molecule has 1 aromatic heterocycles. The summed E-state index contributed by atoms with van der Waals surface area (Å²) in [6, 6.07) is 5.57. The van der Waals surface area contributed by atoms with Crippen LogP contribution in [-0.2, 0) is 6.18 Å². The van der Waals surface area contributed by atoms with Crippen LogP contribution in [0.3, 0.4) is 0 Å². The van der Waals surface area contributed by atoms with E-state index in [1.54, 1.807) is 12.3 Å². The number of anilines is 2. The van der Waals surface area contributed by atoms with Crippen molar-refractivity contribution in [2.75, 3.05) is 5.32 Å². The Bertz CT molecular complexity index is 613. The van der Waals surface area contributed by atoms with Crippen LogP contribution in [0.1, 0.15) is 37.3 Å². The molecule has 2 aromatic rings. The summed E-state index contributed by atoms with van der Waals surface area (Å²) in [5.74, 6) is 0.598. The monoisotopic (exact) mass is 295 g/mol. The van der Waals surface area contributed by atoms with Crippen molar-refractivity contribution in [2.45, 2.75) is 37.9 Å². The molecule has 0 bridgehead atoms. The fraction of sp³-hybridized carbons (Fsp3) is 0.400. The number of hydrogen-bond donors (Lipinski definition) is 1. The molecule has 3 rings (SSSR count). The van der Waals surface area contributed by atoms with Crippen molar-refractivity contribution in [1.29, 1.82) is 0 Å². The predicted octanol–water partition coefficient (Wildman–Crippen LogP) is 4.76. The van der Waals surface area contributed by atoms with Gasteiger partial charge in [0.2, 0.25) is 5.95 Å². The summed E-state index contributed by atoms with van der Waals surface area (Å²) in [5.41, 5.74) is -0.262. The van der Waals surface area contributed by atoms with Crippen LogP contribution in [0.25, 0.3) is 0 Å². The molecule has 0 atom stereocenters. The maximum absolute atomic E-state index is 12.7. The van der Waals surface area contributed by atoms with Crippen LogP contribution in [0, 0.1) is 0 Å². The summed E-state index contributed by atoms with van der Waals surface area (Å²) in [7, 11) is 0. The Hall–Kier alpha value is -1.98. The molecule has 1 saturated carbocycles. The van der Waals surface area contributed by atoms with Gasteiger partial charge in [-0.3, -0.25) is 0 Å². The van der Waals surface area contributed by atoms with Crippen molar-refractivity contribution in [3.8, 4) is 0 Å². The molecule has 1 N–H and O–H groups in total. The lowest BCUT2D eigenvalue weighted by atomic mass is 10.2. The molecule has 0 spiro atoms. The van der Waals surface area contributed by atoms with E-state index in [-0.39, 0.29) is 0 Å². The molecule has 0 aliphatic heterocycles. The van der Waals surface area contributed by atoms with Gasteiger partial charge in [-0.05, 0) is 31.0 Å². The maximum atomic E-state index is 12.7. The van der Waals surface area contributed by atoms with E-state index in [0.717, 1.165) is 25.0 Å². The first kappa shape index (κ1) is 14.0. The topological polar surface area (TPSA) is 29.9 Å². The summed E-state index contributed by atoms with van der Waals surface area (Å²) in [4.78, 5) is 4.22. The third kappa shape index (κ3) is 3.04. The van der Waals surface area contributed by atoms with E-state index in [0.29, 0.717) is 17.7 Å². The predicted molar refractivity (Wildman–Crippen MR) is 74.5 cm³/mol. The average Bonchev–Trinajstić information content (AvgIpc) is 3.08. The van der Waals surface area contributed by atoms with Crippen molar-refractivity contribution < 1.29 is 13.2 Å². The highest BCUT2D eigenvalue weighted by Gasteiger charge is 2.30. The molecule has 1 heterocycles. The highest BCUT2D eigenvalue weighted by Crippen LogP contribution is 2.34. The van der Waals surface area contributed by atoms with Gasteiger partial charge in [0.05, 0.1) is 5.56 Å². The van der Waals surface area contributed by atoms with Gasteiger partial charge < -0.3 is 9.88 Å². The molecule has 1 aliphatic rings. The number of rotatable bonds is 3. The Morgan fingerprint density at radius 3 is 2.67 bits per heavy atom. The lowest BCUT2D eigenvalue weighted by Gasteiger charge is -2.16. The largest absolute Gasteiger partial charge is 0.416 e. The van der Waals surface area contributed by atoms with E-state index >= 15 is 0 Å². The van der Waals surface area contributed by atoms with Crippen molar-refractivity contribution in [3.05, 3.63) is 42.2 Å². The van der Waals surface area contributed by atoms with Crippen LogP contribution in [0.5, 0.6) is 0 Å². The van der Waals surface area contributed by atoms with Gasteiger partial charge in [-0.2, -0.15) is 13.2 Å². The number of imidazole rings is 1. The molecule has 1 aromatic carbocycles. The van der Waals surface area contributed by atoms with Gasteiger partial charge in [0.25, 0.3) is 0 Å². The standard InChI is InChI=1S/C15H16F3N3/c16-15(17,18)11-4-3-5-12(10-11)20-14-19-8-9-21(14)13-6-1-2-7-13/h3-5,8-10,13H,1-2,6-7H2,(H,19,20). The third-order valence-electron chi connectivity index (χ3n) is 3.83. The van der Waals surface area contributed by atoms with E-state index in [1.165, 1.54) is 18.9 Å². The van der Waals surface area contributed by atoms with Gasteiger partial charge in [-0.15, -0.1) is 0 Å². The third-order valence-corrected chi connectivity index (χ3v) is 3.83. The first-order valence-corrected chi connectivity index (χ1v) is 7.01. The molecule has 21 heavy (non-hydrogen) atoms. The summed E-state index contributed by atoms with van der Waals surface area (Å²) < 4.78 is 40.2. The quantitative estimate of drug-likeness (QED) is 0.884. The minimum absolute atomic E-state index is 0.390. The van der Waals surface area contributed by atoms with Gasteiger partial charge in [-0.1, -0.05) is 18.9 Å². The Kier molecular flexibility index (Phi) is 3.61. The molecule has 3 nitrogen and oxygen atoms in total. The van der Waals surface area contributed by atoms with Crippen molar-refractivity contribution in [1.82, 2.24) is 9.55 Å². The average molecular weight is 295 g/mol. The number of aromatic nitrogens is 2. The van der Waals surface area contributed by atoms with Crippen molar-refractivity contribution >= 4 is 11.6 Å². The zero-order valence-corrected chi connectivity index (χ0v) is 11.4. The Balaban J connectivity index is 1.83. The van der Waals surface area contributed by atoms with E-state index in [2.05, 4.69) is 10.3 Å². The number of hydrogen-bond acceptors (Lipinski definition) is 2. The molecular formula is C15H16F3N3. The normalized spacial score (nSPS) is 16.3. The molecule has 112 valence electrons. The van der Waals surface area contributed by atoms with Gasteiger partial charge in [0.1, 0.15) is 0 Å². The van der Waals surface area contributed by atoms with E-state index in [9.17, 15) is 13.2 Å². The molecule has 1 fully saturated rings. The van der Waals surface area contributed by atoms with E-state index in [1.807, 2.05) is 10.8 Å². The van der Waals surface area contributed by atoms with Gasteiger partial charge in [-0.25, -0.2) is 4.98 Å². The molecule has 0 saturated heterocycles. The second-order valence-electron chi connectivity index (χ2n) is 5.30. The van der Waals surface area contributed by atoms with Gasteiger partial charge in [0.15, 0.2) is 0 Å². The summed E-state index contributed by atoms with van der Waals surface area (Å²) >= 11 is 0. The lowest BCUT2D eigenvalue weighted by molar-refractivity contribution is -0.137. The van der Waals surface area contributed by atoms with Crippen molar-refractivity contribution in [2.24, 2.45) is 0 Å². The zero-order chi connectivity index (χ0) is 14.9. The molecule has 6 heteroatoms. The number of benzene rings is 1. The zero-order valence-electron chi connectivity index (χ0n) is 11.4. The highest BCUT2D eigenvalue weighted by molar-refractivity contribution is 5.55. The Morgan fingerprint density at radius 1 is 1.19 bits per heavy atom. The minimum Gasteiger partial charge on any atom is -0.326 e. The van der Waals surface area contributed by atoms with E-state index < -0.39 is 11.7 Å². The number of nitrogens with zero attached hydrogens (tertiary/aromatic N) is 2. The van der Waals surface area contributed by atoms with Crippen LogP contribution < -0.4 is 5.32 Å². The summed E-state index contributed by atoms with van der Waals surface area (Å²) in [6.45, 7) is 0. The second-order valence-corrected chi connectivity index (χ2v) is 5.30. The first-order chi connectivity index (χ1) is 10.0. The van der Waals surface area contributed by atoms with Gasteiger partial charge in [0, 0.05) is 24.1 Å².